The van der Waals surface area contributed by atoms with Crippen LogP contribution in [0, 0.1) is 11.3 Å². The third-order valence-corrected chi connectivity index (χ3v) is 7.06. The Labute approximate surface area is 244 Å². The van der Waals surface area contributed by atoms with Crippen LogP contribution in [0.4, 0.5) is 28.6 Å². The first-order valence-corrected chi connectivity index (χ1v) is 14.8. The molecule has 1 heterocycles. The van der Waals surface area contributed by atoms with E-state index in [4.69, 9.17) is 21.9 Å². The quantitative estimate of drug-likeness (QED) is 0.149. The number of halogens is 1. The molecule has 41 heavy (non-hydrogen) atoms. The molecule has 0 fully saturated rings. The van der Waals surface area contributed by atoms with Gasteiger partial charge in [-0.3, -0.25) is 9.35 Å². The van der Waals surface area contributed by atoms with Crippen LogP contribution in [0.2, 0.25) is 5.02 Å². The number of benzene rings is 2. The smallest absolute Gasteiger partial charge is 0.264 e. The Balaban J connectivity index is 2.11. The van der Waals surface area contributed by atoms with Gasteiger partial charge < -0.3 is 16.0 Å². The van der Waals surface area contributed by atoms with Gasteiger partial charge in [0.15, 0.2) is 5.82 Å². The van der Waals surface area contributed by atoms with Gasteiger partial charge in [-0.15, -0.1) is 10.2 Å². The third-order valence-electron chi connectivity index (χ3n) is 6.02. The molecule has 1 aromatic heterocycles. The van der Waals surface area contributed by atoms with E-state index in [0.29, 0.717) is 52.2 Å². The number of carbonyl (C=O) groups excluding carboxylic acids is 1. The summed E-state index contributed by atoms with van der Waals surface area (Å²) in [5.74, 6) is -0.540. The van der Waals surface area contributed by atoms with E-state index in [1.807, 2.05) is 32.6 Å². The van der Waals surface area contributed by atoms with E-state index >= 15 is 0 Å². The summed E-state index contributed by atoms with van der Waals surface area (Å²) >= 11 is 6.09. The first-order valence-electron chi connectivity index (χ1n) is 12.8. The zero-order chi connectivity index (χ0) is 30.5. The maximum absolute atomic E-state index is 12.0. The van der Waals surface area contributed by atoms with E-state index in [9.17, 15) is 18.5 Å². The Morgan fingerprint density at radius 3 is 2.51 bits per heavy atom. The summed E-state index contributed by atoms with van der Waals surface area (Å²) in [7, 11) is -4.07. The van der Waals surface area contributed by atoms with E-state index in [-0.39, 0.29) is 29.5 Å². The molecule has 2 aromatic carbocycles. The van der Waals surface area contributed by atoms with Gasteiger partial charge in [0.2, 0.25) is 5.91 Å². The monoisotopic (exact) mass is 600 g/mol. The van der Waals surface area contributed by atoms with Crippen molar-refractivity contribution in [1.29, 1.82) is 5.26 Å². The fraction of sp³-hybridized carbons (Fsp3) is 0.370. The molecule has 0 aliphatic carbocycles. The van der Waals surface area contributed by atoms with Gasteiger partial charge in [-0.1, -0.05) is 32.4 Å². The second-order valence-electron chi connectivity index (χ2n) is 10.3. The normalized spacial score (nSPS) is 12.0. The molecule has 0 bridgehead atoms. The summed E-state index contributed by atoms with van der Waals surface area (Å²) in [6, 6.07) is 12.2. The average molecular weight is 601 g/mol. The van der Waals surface area contributed by atoms with Gasteiger partial charge in [-0.05, 0) is 49.7 Å². The predicted octanol–water partition coefficient (Wildman–Crippen LogP) is 5.76. The Kier molecular flexibility index (Phi) is 9.75. The number of nitrogen functional groups attached to an aromatic ring is 1. The summed E-state index contributed by atoms with van der Waals surface area (Å²) in [5, 5.41) is 26.7. The average Bonchev–Trinajstić information content (AvgIpc) is 3.23. The molecule has 12 nitrogen and oxygen atoms in total. The Hall–Kier alpha value is -3.99. The number of carbonyl (C=O) groups is 1. The van der Waals surface area contributed by atoms with Crippen molar-refractivity contribution in [1.82, 2.24) is 9.78 Å². The van der Waals surface area contributed by atoms with Crippen molar-refractivity contribution in [3.8, 4) is 11.8 Å². The van der Waals surface area contributed by atoms with Crippen LogP contribution in [0.1, 0.15) is 52.3 Å². The highest BCUT2D eigenvalue weighted by Gasteiger charge is 2.28. The summed E-state index contributed by atoms with van der Waals surface area (Å²) < 4.78 is 32.8. The largest absolute Gasteiger partial charge is 0.397 e. The van der Waals surface area contributed by atoms with Crippen molar-refractivity contribution in [2.24, 2.45) is 10.2 Å². The second-order valence-corrected chi connectivity index (χ2v) is 12.3. The zero-order valence-corrected chi connectivity index (χ0v) is 25.1. The van der Waals surface area contributed by atoms with Gasteiger partial charge in [-0.2, -0.15) is 18.8 Å². The van der Waals surface area contributed by atoms with E-state index in [2.05, 4.69) is 26.7 Å². The van der Waals surface area contributed by atoms with Crippen molar-refractivity contribution >= 4 is 56.2 Å². The Morgan fingerprint density at radius 2 is 1.95 bits per heavy atom. The van der Waals surface area contributed by atoms with E-state index in [1.54, 1.807) is 36.4 Å². The molecule has 1 amide bonds. The number of anilines is 3. The first kappa shape index (κ1) is 31.5. The lowest BCUT2D eigenvalue weighted by atomic mass is 9.90. The Morgan fingerprint density at radius 1 is 1.24 bits per heavy atom. The molecule has 218 valence electrons. The number of nitrogens with zero attached hydrogens (tertiary/aromatic N) is 6. The van der Waals surface area contributed by atoms with Crippen LogP contribution in [0.5, 0.6) is 0 Å². The molecule has 0 saturated heterocycles. The number of hydrogen-bond donors (Lipinski definition) is 3. The lowest BCUT2D eigenvalue weighted by Gasteiger charge is -2.24. The number of aromatic nitrogens is 2. The minimum atomic E-state index is -4.07. The van der Waals surface area contributed by atoms with Crippen molar-refractivity contribution < 1.29 is 17.8 Å². The molecular formula is C27H33ClN8O4S. The maximum atomic E-state index is 12.0. The van der Waals surface area contributed by atoms with Crippen molar-refractivity contribution in [2.45, 2.75) is 46.5 Å². The predicted molar refractivity (Wildman–Crippen MR) is 160 cm³/mol. The van der Waals surface area contributed by atoms with E-state index < -0.39 is 15.5 Å². The van der Waals surface area contributed by atoms with Gasteiger partial charge in [0.25, 0.3) is 10.1 Å². The second kappa shape index (κ2) is 12.7. The third kappa shape index (κ3) is 8.03. The number of hydrogen-bond acceptors (Lipinski definition) is 9. The number of nitrogens with two attached hydrogens (primary N) is 1. The minimum absolute atomic E-state index is 0.157. The molecule has 0 aliphatic rings. The number of azo groups is 1. The van der Waals surface area contributed by atoms with Gasteiger partial charge in [-0.25, -0.2) is 4.68 Å². The molecule has 0 radical (unpaired) electrons. The molecule has 4 N–H and O–H groups in total. The molecule has 0 spiro atoms. The van der Waals surface area contributed by atoms with Crippen molar-refractivity contribution in [2.75, 3.05) is 34.8 Å². The van der Waals surface area contributed by atoms with E-state index in [1.165, 1.54) is 11.6 Å². The molecule has 14 heteroatoms. The molecule has 0 atom stereocenters. The van der Waals surface area contributed by atoms with Crippen LogP contribution < -0.4 is 16.0 Å². The zero-order valence-electron chi connectivity index (χ0n) is 23.5. The molecule has 0 unspecified atom stereocenters. The van der Waals surface area contributed by atoms with Crippen molar-refractivity contribution in [3.63, 3.8) is 0 Å². The van der Waals surface area contributed by atoms with Crippen LogP contribution in [0.25, 0.3) is 5.69 Å². The highest BCUT2D eigenvalue weighted by atomic mass is 35.5. The van der Waals surface area contributed by atoms with Crippen LogP contribution in [0.3, 0.4) is 0 Å². The van der Waals surface area contributed by atoms with Crippen LogP contribution in [-0.4, -0.2) is 47.5 Å². The first-order chi connectivity index (χ1) is 19.1. The van der Waals surface area contributed by atoms with Gasteiger partial charge in [0.05, 0.1) is 28.5 Å². The summed E-state index contributed by atoms with van der Waals surface area (Å²) in [4.78, 5) is 13.9. The fourth-order valence-electron chi connectivity index (χ4n) is 4.12. The summed E-state index contributed by atoms with van der Waals surface area (Å²) in [6.07, 6.45) is 0.217. The fourth-order valence-corrected chi connectivity index (χ4v) is 4.80. The highest BCUT2D eigenvalue weighted by molar-refractivity contribution is 7.85. The molecule has 3 aromatic rings. The van der Waals surface area contributed by atoms with Gasteiger partial charge in [0, 0.05) is 36.1 Å². The lowest BCUT2D eigenvalue weighted by Crippen LogP contribution is -2.25. The number of nitriles is 1. The molecule has 0 aliphatic heterocycles. The van der Waals surface area contributed by atoms with Crippen LogP contribution >= 0.6 is 11.6 Å². The van der Waals surface area contributed by atoms with Crippen LogP contribution in [0.15, 0.2) is 46.6 Å². The SMILES string of the molecule is CCN(CCCS(=O)(=O)O)c1ccc(/N=N/c2c(C#N)c(C(C)(C)C)nn2-c2ccc(Cl)cc2N)c(NC(C)=O)c1. The summed E-state index contributed by atoms with van der Waals surface area (Å²) in [5.41, 5.74) is 8.65. The lowest BCUT2D eigenvalue weighted by molar-refractivity contribution is -0.114. The molecule has 3 rings (SSSR count). The number of amides is 1. The van der Waals surface area contributed by atoms with E-state index in [0.717, 1.165) is 0 Å². The molecular weight excluding hydrogens is 568 g/mol. The highest BCUT2D eigenvalue weighted by Crippen LogP contribution is 2.37. The summed E-state index contributed by atoms with van der Waals surface area (Å²) in [6.45, 7) is 9.95. The number of nitrogens with one attached hydrogen (secondary N) is 1. The van der Waals surface area contributed by atoms with Crippen LogP contribution in [-0.2, 0) is 20.3 Å². The maximum Gasteiger partial charge on any atom is 0.264 e. The molecule has 0 saturated carbocycles. The topological polar surface area (TPSA) is 179 Å². The Bertz CT molecular complexity index is 1620. The van der Waals surface area contributed by atoms with Gasteiger partial charge >= 0.3 is 0 Å². The standard InChI is InChI=1S/C27H33ClN8O4S/c1-6-35(12-7-13-41(38,39)40)19-9-10-22(23(15-19)31-17(2)37)32-33-26-20(16-29)25(27(3,4)5)34-36(26)24-11-8-18(28)14-21(24)30/h8-11,14-15H,6-7,12-13,30H2,1-5H3,(H,31,37)(H,38,39,40)/b33-32+. The van der Waals surface area contributed by atoms with Crippen molar-refractivity contribution in [3.05, 3.63) is 52.7 Å². The minimum Gasteiger partial charge on any atom is -0.397 e. The number of rotatable bonds is 10. The van der Waals surface area contributed by atoms with Gasteiger partial charge in [0.1, 0.15) is 17.3 Å².